The minimum Gasteiger partial charge on any atom is -0.543 e. The molecule has 0 amide bonds. The van der Waals surface area contributed by atoms with E-state index in [4.69, 9.17) is 4.43 Å². The number of fused-ring (bicyclic) bond motifs is 1. The molecular weight excluding hydrogens is 509 g/mol. The maximum absolute atomic E-state index is 13.2. The summed E-state index contributed by atoms with van der Waals surface area (Å²) < 4.78 is 47.8. The molecule has 176 valence electrons. The van der Waals surface area contributed by atoms with Gasteiger partial charge in [-0.05, 0) is 54.4 Å². The Morgan fingerprint density at radius 1 is 1.06 bits per heavy atom. The van der Waals surface area contributed by atoms with Crippen LogP contribution >= 0.6 is 15.9 Å². The zero-order valence-electron chi connectivity index (χ0n) is 19.4. The van der Waals surface area contributed by atoms with Gasteiger partial charge in [0.25, 0.3) is 0 Å². The summed E-state index contributed by atoms with van der Waals surface area (Å²) in [5, 5.41) is 4.01. The highest BCUT2D eigenvalue weighted by Gasteiger charge is 2.39. The van der Waals surface area contributed by atoms with Crippen molar-refractivity contribution in [3.63, 3.8) is 0 Å². The second-order valence-corrected chi connectivity index (χ2v) is 15.0. The normalized spacial score (nSPS) is 12.4. The third-order valence-electron chi connectivity index (χ3n) is 5.84. The summed E-state index contributed by atoms with van der Waals surface area (Å²) >= 11 is 3.41. The third-order valence-corrected chi connectivity index (χ3v) is 10.9. The molecule has 8 heteroatoms. The van der Waals surface area contributed by atoms with Crippen molar-refractivity contribution in [2.45, 2.75) is 51.6 Å². The molecule has 0 bridgehead atoms. The monoisotopic (exact) mass is 536 g/mol. The molecule has 0 saturated carbocycles. The van der Waals surface area contributed by atoms with Crippen molar-refractivity contribution in [3.8, 4) is 17.6 Å². The molecule has 33 heavy (non-hydrogen) atoms. The minimum atomic E-state index is -4.34. The van der Waals surface area contributed by atoms with E-state index in [2.05, 4.69) is 67.0 Å². The van der Waals surface area contributed by atoms with E-state index >= 15 is 0 Å². The summed E-state index contributed by atoms with van der Waals surface area (Å²) in [6.07, 6.45) is -4.34. The smallest absolute Gasteiger partial charge is 0.406 e. The molecule has 0 aliphatic carbocycles. The van der Waals surface area contributed by atoms with E-state index in [-0.39, 0.29) is 11.6 Å². The van der Waals surface area contributed by atoms with Gasteiger partial charge >= 0.3 is 6.18 Å². The third kappa shape index (κ3) is 6.36. The zero-order chi connectivity index (χ0) is 24.4. The predicted molar refractivity (Wildman–Crippen MR) is 135 cm³/mol. The van der Waals surface area contributed by atoms with Crippen molar-refractivity contribution < 1.29 is 17.6 Å². The van der Waals surface area contributed by atoms with Gasteiger partial charge in [-0.2, -0.15) is 13.2 Å². The summed E-state index contributed by atoms with van der Waals surface area (Å²) in [5.74, 6) is 6.65. The van der Waals surface area contributed by atoms with E-state index in [9.17, 15) is 13.2 Å². The van der Waals surface area contributed by atoms with Gasteiger partial charge < -0.3 is 14.3 Å². The molecule has 3 aromatic rings. The van der Waals surface area contributed by atoms with Crippen LogP contribution in [0.2, 0.25) is 18.1 Å². The van der Waals surface area contributed by atoms with E-state index in [0.29, 0.717) is 16.6 Å². The molecule has 0 atom stereocenters. The number of aromatic nitrogens is 1. The van der Waals surface area contributed by atoms with Crippen molar-refractivity contribution in [2.24, 2.45) is 0 Å². The van der Waals surface area contributed by atoms with E-state index in [1.165, 1.54) is 4.57 Å². The molecule has 0 radical (unpaired) electrons. The van der Waals surface area contributed by atoms with Crippen molar-refractivity contribution in [2.75, 3.05) is 11.9 Å². The molecule has 3 rings (SSSR count). The molecule has 1 aromatic heterocycles. The highest BCUT2D eigenvalue weighted by atomic mass is 79.9. The molecule has 0 spiro atoms. The summed E-state index contributed by atoms with van der Waals surface area (Å²) in [4.78, 5) is 0. The number of nitrogens with one attached hydrogen (secondary N) is 1. The summed E-state index contributed by atoms with van der Waals surface area (Å²) in [5.41, 5.74) is 1.67. The Morgan fingerprint density at radius 2 is 1.76 bits per heavy atom. The number of anilines is 1. The number of nitrogens with zero attached hydrogens (tertiary/aromatic N) is 1. The van der Waals surface area contributed by atoms with Crippen molar-refractivity contribution >= 4 is 40.8 Å². The SMILES string of the molecule is CC(C)(C)[Si](C)(C)Oc1cccc(NCC#Cc2cc3c(Br)cccc3n2CC(F)(F)F)c1. The van der Waals surface area contributed by atoms with Crippen LogP contribution in [0.15, 0.2) is 53.0 Å². The quantitative estimate of drug-likeness (QED) is 0.265. The molecule has 0 aliphatic heterocycles. The second-order valence-electron chi connectivity index (χ2n) is 9.45. The van der Waals surface area contributed by atoms with Crippen LogP contribution in [0.1, 0.15) is 26.5 Å². The molecule has 3 nitrogen and oxygen atoms in total. The van der Waals surface area contributed by atoms with E-state index in [1.54, 1.807) is 24.3 Å². The first-order chi connectivity index (χ1) is 15.3. The lowest BCUT2D eigenvalue weighted by Crippen LogP contribution is -2.43. The predicted octanol–water partition coefficient (Wildman–Crippen LogP) is 7.81. The van der Waals surface area contributed by atoms with Crippen LogP contribution in [0.5, 0.6) is 5.75 Å². The zero-order valence-corrected chi connectivity index (χ0v) is 22.0. The maximum Gasteiger partial charge on any atom is 0.406 e. The molecule has 0 fully saturated rings. The van der Waals surface area contributed by atoms with Gasteiger partial charge in [-0.15, -0.1) is 0 Å². The standard InChI is InChI=1S/C25H28BrF3N2OSi/c1-24(2,3)33(4,5)32-20-11-6-9-18(15-20)30-14-8-10-19-16-21-22(26)12-7-13-23(21)31(19)17-25(27,28)29/h6-7,9,11-13,15-16,30H,14,17H2,1-5H3. The first kappa shape index (κ1) is 25.3. The lowest BCUT2D eigenvalue weighted by atomic mass is 10.2. The fraction of sp³-hybridized carbons (Fsp3) is 0.360. The summed E-state index contributed by atoms with van der Waals surface area (Å²) in [6.45, 7) is 10.2. The Labute approximate surface area is 202 Å². The Balaban J connectivity index is 1.77. The molecule has 0 aliphatic rings. The van der Waals surface area contributed by atoms with Crippen LogP contribution in [0, 0.1) is 11.8 Å². The highest BCUT2D eigenvalue weighted by molar-refractivity contribution is 9.10. The largest absolute Gasteiger partial charge is 0.543 e. The van der Waals surface area contributed by atoms with Gasteiger partial charge in [-0.25, -0.2) is 0 Å². The van der Waals surface area contributed by atoms with E-state index in [0.717, 1.165) is 15.9 Å². The van der Waals surface area contributed by atoms with Gasteiger partial charge in [0, 0.05) is 21.6 Å². The summed E-state index contributed by atoms with van der Waals surface area (Å²) in [6, 6.07) is 14.6. The number of halogens is 4. The van der Waals surface area contributed by atoms with Crippen molar-refractivity contribution in [1.29, 1.82) is 0 Å². The topological polar surface area (TPSA) is 26.2 Å². The molecule has 2 aromatic carbocycles. The number of alkyl halides is 3. The van der Waals surface area contributed by atoms with Crippen LogP contribution < -0.4 is 9.74 Å². The molecule has 1 N–H and O–H groups in total. The number of rotatable bonds is 5. The fourth-order valence-electron chi connectivity index (χ4n) is 3.10. The first-order valence-electron chi connectivity index (χ1n) is 10.6. The number of benzene rings is 2. The number of hydrogen-bond acceptors (Lipinski definition) is 2. The van der Waals surface area contributed by atoms with Crippen LogP contribution in [0.25, 0.3) is 10.9 Å². The second kappa shape index (κ2) is 9.47. The van der Waals surface area contributed by atoms with E-state index in [1.807, 2.05) is 24.3 Å². The Hall–Kier alpha value is -2.37. The van der Waals surface area contributed by atoms with Gasteiger partial charge in [-0.1, -0.05) is 54.8 Å². The average molecular weight is 537 g/mol. The first-order valence-corrected chi connectivity index (χ1v) is 14.3. The minimum absolute atomic E-state index is 0.0891. The lowest BCUT2D eigenvalue weighted by Gasteiger charge is -2.36. The van der Waals surface area contributed by atoms with Gasteiger partial charge in [0.2, 0.25) is 8.32 Å². The average Bonchev–Trinajstić information content (AvgIpc) is 3.02. The van der Waals surface area contributed by atoms with Crippen LogP contribution in [0.3, 0.4) is 0 Å². The summed E-state index contributed by atoms with van der Waals surface area (Å²) in [7, 11) is -1.95. The fourth-order valence-corrected chi connectivity index (χ4v) is 4.59. The van der Waals surface area contributed by atoms with Gasteiger partial charge in [0.1, 0.15) is 12.3 Å². The van der Waals surface area contributed by atoms with Crippen molar-refractivity contribution in [3.05, 3.63) is 58.7 Å². The lowest BCUT2D eigenvalue weighted by molar-refractivity contribution is -0.140. The Kier molecular flexibility index (Phi) is 7.25. The van der Waals surface area contributed by atoms with Crippen molar-refractivity contribution in [1.82, 2.24) is 4.57 Å². The molecule has 1 heterocycles. The molecular formula is C25H28BrF3N2OSi. The van der Waals surface area contributed by atoms with Crippen LogP contribution in [0.4, 0.5) is 18.9 Å². The van der Waals surface area contributed by atoms with Crippen LogP contribution in [-0.4, -0.2) is 25.6 Å². The van der Waals surface area contributed by atoms with Gasteiger partial charge in [-0.3, -0.25) is 0 Å². The van der Waals surface area contributed by atoms with Gasteiger partial charge in [0.15, 0.2) is 0 Å². The highest BCUT2D eigenvalue weighted by Crippen LogP contribution is 2.37. The molecule has 0 unspecified atom stereocenters. The Morgan fingerprint density at radius 3 is 2.42 bits per heavy atom. The van der Waals surface area contributed by atoms with Crippen LogP contribution in [-0.2, 0) is 6.54 Å². The maximum atomic E-state index is 13.2. The Bertz CT molecular complexity index is 1200. The number of hydrogen-bond donors (Lipinski definition) is 1. The van der Waals surface area contributed by atoms with Gasteiger partial charge in [0.05, 0.1) is 17.8 Å². The van der Waals surface area contributed by atoms with E-state index < -0.39 is 21.0 Å². The molecule has 0 saturated heterocycles.